The van der Waals surface area contributed by atoms with Gasteiger partial charge in [-0.1, -0.05) is 48.5 Å². The zero-order valence-electron chi connectivity index (χ0n) is 20.0. The molecule has 35 heavy (non-hydrogen) atoms. The predicted octanol–water partition coefficient (Wildman–Crippen LogP) is 2.93. The van der Waals surface area contributed by atoms with E-state index in [0.29, 0.717) is 13.0 Å². The Balaban J connectivity index is 1.64. The summed E-state index contributed by atoms with van der Waals surface area (Å²) in [5, 5.41) is 14.5. The summed E-state index contributed by atoms with van der Waals surface area (Å²) in [6, 6.07) is 13.9. The maximum absolute atomic E-state index is 12.8. The normalized spacial score (nSPS) is 13.9. The topological polar surface area (TPSA) is 123 Å². The minimum atomic E-state index is -1.17. The number of aliphatic carboxylic acids is 1. The molecule has 3 N–H and O–H groups in total. The molecule has 9 nitrogen and oxygen atoms in total. The van der Waals surface area contributed by atoms with Crippen LogP contribution in [0.4, 0.5) is 4.79 Å². The second-order valence-electron chi connectivity index (χ2n) is 8.34. The summed E-state index contributed by atoms with van der Waals surface area (Å²) in [4.78, 5) is 37.0. The Morgan fingerprint density at radius 2 is 1.46 bits per heavy atom. The fourth-order valence-electron chi connectivity index (χ4n) is 4.25. The van der Waals surface area contributed by atoms with Gasteiger partial charge in [-0.05, 0) is 35.1 Å². The van der Waals surface area contributed by atoms with Crippen LogP contribution in [0.3, 0.4) is 0 Å². The van der Waals surface area contributed by atoms with Gasteiger partial charge in [-0.15, -0.1) is 0 Å². The van der Waals surface area contributed by atoms with E-state index in [-0.39, 0.29) is 32.0 Å². The minimum Gasteiger partial charge on any atom is -0.480 e. The van der Waals surface area contributed by atoms with Crippen LogP contribution in [0.1, 0.15) is 36.3 Å². The summed E-state index contributed by atoms with van der Waals surface area (Å²) in [7, 11) is 2.99. The van der Waals surface area contributed by atoms with E-state index in [0.717, 1.165) is 22.3 Å². The van der Waals surface area contributed by atoms with E-state index < -0.39 is 30.1 Å². The number of methoxy groups -OCH3 is 2. The van der Waals surface area contributed by atoms with Crippen molar-refractivity contribution in [1.29, 1.82) is 0 Å². The number of carboxylic acid groups (broad SMARTS) is 1. The lowest BCUT2D eigenvalue weighted by atomic mass is 9.98. The van der Waals surface area contributed by atoms with E-state index in [9.17, 15) is 19.5 Å². The Bertz CT molecular complexity index is 981. The summed E-state index contributed by atoms with van der Waals surface area (Å²) < 4.78 is 15.5. The Morgan fingerprint density at radius 1 is 0.857 bits per heavy atom. The molecule has 1 aliphatic carbocycles. The molecule has 188 valence electrons. The van der Waals surface area contributed by atoms with Crippen LogP contribution in [-0.2, 0) is 23.8 Å². The average Bonchev–Trinajstić information content (AvgIpc) is 3.18. The second-order valence-corrected chi connectivity index (χ2v) is 8.34. The van der Waals surface area contributed by atoms with E-state index in [1.54, 1.807) is 7.11 Å². The molecule has 0 aromatic heterocycles. The highest BCUT2D eigenvalue weighted by Crippen LogP contribution is 2.44. The SMILES string of the molecule is COCCCC(NC(=O)OCC1c2ccccc2-c2ccccc21)C(=O)NC(CCOC)C(=O)O. The number of carbonyl (C=O) groups is 3. The zero-order valence-corrected chi connectivity index (χ0v) is 20.0. The van der Waals surface area contributed by atoms with E-state index >= 15 is 0 Å². The molecule has 2 amide bonds. The van der Waals surface area contributed by atoms with E-state index in [2.05, 4.69) is 10.6 Å². The van der Waals surface area contributed by atoms with Gasteiger partial charge in [0, 0.05) is 39.8 Å². The molecule has 9 heteroatoms. The highest BCUT2D eigenvalue weighted by Gasteiger charge is 2.30. The molecule has 0 radical (unpaired) electrons. The van der Waals surface area contributed by atoms with Crippen LogP contribution >= 0.6 is 0 Å². The third kappa shape index (κ3) is 6.80. The van der Waals surface area contributed by atoms with Crippen molar-refractivity contribution in [2.24, 2.45) is 0 Å². The van der Waals surface area contributed by atoms with Crippen molar-refractivity contribution in [2.75, 3.05) is 34.0 Å². The van der Waals surface area contributed by atoms with Crippen LogP contribution in [0.2, 0.25) is 0 Å². The van der Waals surface area contributed by atoms with Crippen LogP contribution in [-0.4, -0.2) is 69.2 Å². The van der Waals surface area contributed by atoms with Crippen LogP contribution in [0.25, 0.3) is 11.1 Å². The first-order valence-electron chi connectivity index (χ1n) is 11.6. The number of ether oxygens (including phenoxy) is 3. The molecular formula is C26H32N2O7. The van der Waals surface area contributed by atoms with E-state index in [1.165, 1.54) is 7.11 Å². The van der Waals surface area contributed by atoms with Gasteiger partial charge in [-0.25, -0.2) is 9.59 Å². The number of carbonyl (C=O) groups excluding carboxylic acids is 2. The van der Waals surface area contributed by atoms with Crippen molar-refractivity contribution in [3.63, 3.8) is 0 Å². The minimum absolute atomic E-state index is 0.104. The molecule has 2 aromatic rings. The predicted molar refractivity (Wildman–Crippen MR) is 129 cm³/mol. The number of hydrogen-bond donors (Lipinski definition) is 3. The van der Waals surface area contributed by atoms with Crippen molar-refractivity contribution in [2.45, 2.75) is 37.3 Å². The van der Waals surface area contributed by atoms with Crippen LogP contribution in [0.5, 0.6) is 0 Å². The zero-order chi connectivity index (χ0) is 25.2. The Kier molecular flexibility index (Phi) is 9.63. The number of nitrogens with one attached hydrogen (secondary N) is 2. The summed E-state index contributed by atoms with van der Waals surface area (Å²) >= 11 is 0. The maximum atomic E-state index is 12.8. The molecule has 0 bridgehead atoms. The summed E-state index contributed by atoms with van der Waals surface area (Å²) in [5.74, 6) is -1.88. The number of fused-ring (bicyclic) bond motifs is 3. The van der Waals surface area contributed by atoms with Crippen molar-refractivity contribution < 1.29 is 33.7 Å². The molecule has 0 saturated carbocycles. The first-order chi connectivity index (χ1) is 17.0. The summed E-state index contributed by atoms with van der Waals surface area (Å²) in [5.41, 5.74) is 4.39. The molecule has 0 fully saturated rings. The molecular weight excluding hydrogens is 452 g/mol. The molecule has 0 spiro atoms. The smallest absolute Gasteiger partial charge is 0.407 e. The monoisotopic (exact) mass is 484 g/mol. The summed E-state index contributed by atoms with van der Waals surface area (Å²) in [6.45, 7) is 0.672. The first kappa shape index (κ1) is 26.2. The fraction of sp³-hybridized carbons (Fsp3) is 0.423. The van der Waals surface area contributed by atoms with Gasteiger partial charge in [-0.3, -0.25) is 4.79 Å². The Labute approximate surface area is 204 Å². The van der Waals surface area contributed by atoms with Gasteiger partial charge in [-0.2, -0.15) is 0 Å². The van der Waals surface area contributed by atoms with Crippen molar-refractivity contribution in [3.8, 4) is 11.1 Å². The number of amides is 2. The maximum Gasteiger partial charge on any atom is 0.407 e. The summed E-state index contributed by atoms with van der Waals surface area (Å²) in [6.07, 6.45) is 0.121. The van der Waals surface area contributed by atoms with E-state index in [4.69, 9.17) is 14.2 Å². The Morgan fingerprint density at radius 3 is 2.03 bits per heavy atom. The number of carboxylic acids is 1. The highest BCUT2D eigenvalue weighted by atomic mass is 16.5. The largest absolute Gasteiger partial charge is 0.480 e. The van der Waals surface area contributed by atoms with E-state index in [1.807, 2.05) is 48.5 Å². The van der Waals surface area contributed by atoms with Gasteiger partial charge in [0.1, 0.15) is 18.7 Å². The van der Waals surface area contributed by atoms with Crippen LogP contribution in [0, 0.1) is 0 Å². The lowest BCUT2D eigenvalue weighted by molar-refractivity contribution is -0.142. The van der Waals surface area contributed by atoms with Gasteiger partial charge in [0.05, 0.1) is 0 Å². The standard InChI is InChI=1S/C26H32N2O7/c1-33-14-7-12-22(24(29)27-23(25(30)31)13-15-34-2)28-26(32)35-16-21-19-10-5-3-8-17(19)18-9-4-6-11-20(18)21/h3-6,8-11,21-23H,7,12-16H2,1-2H3,(H,27,29)(H,28,32)(H,30,31). The van der Waals surface area contributed by atoms with Crippen molar-refractivity contribution in [1.82, 2.24) is 10.6 Å². The number of rotatable bonds is 13. The molecule has 2 unspecified atom stereocenters. The lowest BCUT2D eigenvalue weighted by Gasteiger charge is -2.22. The van der Waals surface area contributed by atoms with Gasteiger partial charge >= 0.3 is 12.1 Å². The molecule has 0 heterocycles. The third-order valence-electron chi connectivity index (χ3n) is 6.02. The van der Waals surface area contributed by atoms with Gasteiger partial charge < -0.3 is 30.0 Å². The molecule has 0 saturated heterocycles. The Hall–Kier alpha value is -3.43. The molecule has 2 aromatic carbocycles. The van der Waals surface area contributed by atoms with Crippen molar-refractivity contribution in [3.05, 3.63) is 59.7 Å². The van der Waals surface area contributed by atoms with Gasteiger partial charge in [0.25, 0.3) is 0 Å². The lowest BCUT2D eigenvalue weighted by Crippen LogP contribution is -2.52. The fourth-order valence-corrected chi connectivity index (χ4v) is 4.25. The number of benzene rings is 2. The number of hydrogen-bond acceptors (Lipinski definition) is 6. The molecule has 1 aliphatic rings. The van der Waals surface area contributed by atoms with Gasteiger partial charge in [0.2, 0.25) is 5.91 Å². The molecule has 3 rings (SSSR count). The molecule has 0 aliphatic heterocycles. The highest BCUT2D eigenvalue weighted by molar-refractivity contribution is 5.89. The van der Waals surface area contributed by atoms with Crippen LogP contribution < -0.4 is 10.6 Å². The third-order valence-corrected chi connectivity index (χ3v) is 6.02. The average molecular weight is 485 g/mol. The van der Waals surface area contributed by atoms with Gasteiger partial charge in [0.15, 0.2) is 0 Å². The second kappa shape index (κ2) is 12.9. The number of alkyl carbamates (subject to hydrolysis) is 1. The van der Waals surface area contributed by atoms with Crippen LogP contribution in [0.15, 0.2) is 48.5 Å². The quantitative estimate of drug-likeness (QED) is 0.374. The first-order valence-corrected chi connectivity index (χ1v) is 11.6. The van der Waals surface area contributed by atoms with Crippen molar-refractivity contribution >= 4 is 18.0 Å². The molecule has 2 atom stereocenters.